The number of amides is 1. The number of aliphatic imine (C=N–C) groups is 1. The molecule has 0 aliphatic carbocycles. The van der Waals surface area contributed by atoms with E-state index in [2.05, 4.69) is 0 Å². The highest BCUT2D eigenvalue weighted by atomic mass is 32.1. The molecule has 0 bridgehead atoms. The molecular weight excluding hydrogens is 352 g/mol. The summed E-state index contributed by atoms with van der Waals surface area (Å²) in [5.41, 5.74) is 2.19. The Morgan fingerprint density at radius 1 is 0.852 bits per heavy atom. The monoisotopic (exact) mass is 370 g/mol. The van der Waals surface area contributed by atoms with E-state index in [9.17, 15) is 4.79 Å². The van der Waals surface area contributed by atoms with Crippen LogP contribution in [-0.2, 0) is 5.66 Å². The lowest BCUT2D eigenvalue weighted by molar-refractivity contribution is 0.0736. The van der Waals surface area contributed by atoms with Gasteiger partial charge in [-0.15, -0.1) is 0 Å². The van der Waals surface area contributed by atoms with Crippen LogP contribution in [0.1, 0.15) is 28.4 Å². The molecule has 132 valence electrons. The molecular formula is C23H18N2OS. The zero-order chi connectivity index (χ0) is 18.9. The molecule has 1 atom stereocenters. The van der Waals surface area contributed by atoms with Gasteiger partial charge < -0.3 is 0 Å². The van der Waals surface area contributed by atoms with Gasteiger partial charge in [-0.25, -0.2) is 4.99 Å². The Morgan fingerprint density at radius 3 is 1.96 bits per heavy atom. The van der Waals surface area contributed by atoms with Crippen LogP contribution in [0.25, 0.3) is 0 Å². The van der Waals surface area contributed by atoms with Crippen LogP contribution in [0, 0.1) is 0 Å². The van der Waals surface area contributed by atoms with Gasteiger partial charge in [0.2, 0.25) is 0 Å². The quantitative estimate of drug-likeness (QED) is 0.619. The first-order chi connectivity index (χ1) is 13.1. The van der Waals surface area contributed by atoms with E-state index in [1.54, 1.807) is 17.0 Å². The lowest BCUT2D eigenvalue weighted by Gasteiger charge is -2.33. The fourth-order valence-electron chi connectivity index (χ4n) is 3.35. The molecule has 27 heavy (non-hydrogen) atoms. The van der Waals surface area contributed by atoms with Crippen LogP contribution in [0.2, 0.25) is 0 Å². The Labute approximate surface area is 164 Å². The standard InChI is InChI=1S/C23H18N2OS/c1-23(19-15-9-4-10-16-19)24-20(17-11-5-2-6-12-17)22(27)25(23)21(26)18-13-7-3-8-14-18/h2-16H,1H3. The van der Waals surface area contributed by atoms with Crippen molar-refractivity contribution in [2.75, 3.05) is 0 Å². The molecule has 4 heteroatoms. The SMILES string of the molecule is CC1(c2ccccc2)N=C(c2ccccc2)C(=S)N1C(=O)c1ccccc1. The van der Waals surface area contributed by atoms with Crippen molar-refractivity contribution in [3.05, 3.63) is 108 Å². The summed E-state index contributed by atoms with van der Waals surface area (Å²) in [6.07, 6.45) is 0. The molecule has 3 aromatic carbocycles. The Balaban J connectivity index is 1.87. The van der Waals surface area contributed by atoms with Crippen molar-refractivity contribution in [1.82, 2.24) is 4.90 Å². The summed E-state index contributed by atoms with van der Waals surface area (Å²) in [5, 5.41) is 0. The molecule has 0 saturated heterocycles. The third-order valence-electron chi connectivity index (χ3n) is 4.76. The van der Waals surface area contributed by atoms with Gasteiger partial charge in [-0.3, -0.25) is 9.69 Å². The zero-order valence-corrected chi connectivity index (χ0v) is 15.7. The molecule has 1 unspecified atom stereocenters. The lowest BCUT2D eigenvalue weighted by atomic mass is 10.00. The van der Waals surface area contributed by atoms with Crippen molar-refractivity contribution in [3.8, 4) is 0 Å². The van der Waals surface area contributed by atoms with Crippen molar-refractivity contribution >= 4 is 28.8 Å². The van der Waals surface area contributed by atoms with E-state index < -0.39 is 5.66 Å². The van der Waals surface area contributed by atoms with Gasteiger partial charge in [-0.05, 0) is 24.6 Å². The first-order valence-electron chi connectivity index (χ1n) is 8.76. The van der Waals surface area contributed by atoms with E-state index in [1.165, 1.54) is 0 Å². The van der Waals surface area contributed by atoms with Crippen LogP contribution >= 0.6 is 12.2 Å². The fraction of sp³-hybridized carbons (Fsp3) is 0.0870. The summed E-state index contributed by atoms with van der Waals surface area (Å²) in [7, 11) is 0. The highest BCUT2D eigenvalue weighted by molar-refractivity contribution is 7.82. The average Bonchev–Trinajstić information content (AvgIpc) is 3.01. The molecule has 0 N–H and O–H groups in total. The van der Waals surface area contributed by atoms with Gasteiger partial charge in [0.25, 0.3) is 5.91 Å². The van der Waals surface area contributed by atoms with E-state index in [-0.39, 0.29) is 5.91 Å². The van der Waals surface area contributed by atoms with Gasteiger partial charge in [0.05, 0.1) is 0 Å². The third-order valence-corrected chi connectivity index (χ3v) is 5.14. The molecule has 1 amide bonds. The Hall–Kier alpha value is -3.11. The lowest BCUT2D eigenvalue weighted by Crippen LogP contribution is -2.46. The van der Waals surface area contributed by atoms with E-state index in [1.807, 2.05) is 85.8 Å². The van der Waals surface area contributed by atoms with Crippen molar-refractivity contribution in [3.63, 3.8) is 0 Å². The third kappa shape index (κ3) is 2.98. The van der Waals surface area contributed by atoms with Crippen LogP contribution in [0.15, 0.2) is 96.0 Å². The van der Waals surface area contributed by atoms with Gasteiger partial charge >= 0.3 is 0 Å². The van der Waals surface area contributed by atoms with Crippen LogP contribution in [-0.4, -0.2) is 21.5 Å². The number of rotatable bonds is 3. The first kappa shape index (κ1) is 17.3. The molecule has 0 saturated carbocycles. The molecule has 1 heterocycles. The number of carbonyl (C=O) groups is 1. The summed E-state index contributed by atoms with van der Waals surface area (Å²) in [4.78, 5) is 20.4. The highest BCUT2D eigenvalue weighted by Crippen LogP contribution is 2.37. The smallest absolute Gasteiger partial charge is 0.261 e. The van der Waals surface area contributed by atoms with Crippen LogP contribution < -0.4 is 0 Å². The van der Waals surface area contributed by atoms with E-state index in [0.29, 0.717) is 16.3 Å². The van der Waals surface area contributed by atoms with Crippen LogP contribution in [0.5, 0.6) is 0 Å². The summed E-state index contributed by atoms with van der Waals surface area (Å²) in [6, 6.07) is 28.8. The van der Waals surface area contributed by atoms with E-state index >= 15 is 0 Å². The van der Waals surface area contributed by atoms with Gasteiger partial charge in [-0.2, -0.15) is 0 Å². The van der Waals surface area contributed by atoms with Gasteiger partial charge in [0, 0.05) is 11.1 Å². The van der Waals surface area contributed by atoms with E-state index in [4.69, 9.17) is 17.2 Å². The zero-order valence-electron chi connectivity index (χ0n) is 14.9. The molecule has 3 aromatic rings. The molecule has 0 aromatic heterocycles. The number of thiocarbonyl (C=S) groups is 1. The fourth-order valence-corrected chi connectivity index (χ4v) is 3.77. The predicted octanol–water partition coefficient (Wildman–Crippen LogP) is 4.83. The van der Waals surface area contributed by atoms with Crippen molar-refractivity contribution < 1.29 is 4.79 Å². The Morgan fingerprint density at radius 2 is 1.37 bits per heavy atom. The molecule has 1 aliphatic rings. The molecule has 0 spiro atoms. The topological polar surface area (TPSA) is 32.7 Å². The molecule has 0 fully saturated rings. The Kier molecular flexibility index (Phi) is 4.42. The average molecular weight is 370 g/mol. The van der Waals surface area contributed by atoms with E-state index in [0.717, 1.165) is 11.1 Å². The minimum Gasteiger partial charge on any atom is -0.269 e. The number of nitrogens with zero attached hydrogens (tertiary/aromatic N) is 2. The minimum atomic E-state index is -0.892. The number of carbonyl (C=O) groups excluding carboxylic acids is 1. The first-order valence-corrected chi connectivity index (χ1v) is 9.17. The summed E-state index contributed by atoms with van der Waals surface area (Å²) in [5.74, 6) is -0.151. The van der Waals surface area contributed by atoms with Gasteiger partial charge in [0.15, 0.2) is 5.66 Å². The van der Waals surface area contributed by atoms with Gasteiger partial charge in [0.1, 0.15) is 10.7 Å². The maximum absolute atomic E-state index is 13.4. The summed E-state index contributed by atoms with van der Waals surface area (Å²) >= 11 is 5.74. The maximum Gasteiger partial charge on any atom is 0.261 e. The summed E-state index contributed by atoms with van der Waals surface area (Å²) < 4.78 is 0. The van der Waals surface area contributed by atoms with Crippen LogP contribution in [0.3, 0.4) is 0 Å². The molecule has 4 rings (SSSR count). The Bertz CT molecular complexity index is 1020. The minimum absolute atomic E-state index is 0.151. The highest BCUT2D eigenvalue weighted by Gasteiger charge is 2.46. The van der Waals surface area contributed by atoms with Gasteiger partial charge in [-0.1, -0.05) is 91.1 Å². The largest absolute Gasteiger partial charge is 0.269 e. The predicted molar refractivity (Wildman–Crippen MR) is 112 cm³/mol. The van der Waals surface area contributed by atoms with Crippen LogP contribution in [0.4, 0.5) is 0 Å². The maximum atomic E-state index is 13.4. The molecule has 1 aliphatic heterocycles. The number of hydrogen-bond donors (Lipinski definition) is 0. The van der Waals surface area contributed by atoms with Crippen molar-refractivity contribution in [2.45, 2.75) is 12.6 Å². The van der Waals surface area contributed by atoms with Crippen molar-refractivity contribution in [1.29, 1.82) is 0 Å². The number of benzene rings is 3. The normalized spacial score (nSPS) is 19.1. The summed E-state index contributed by atoms with van der Waals surface area (Å²) in [6.45, 7) is 1.94. The second-order valence-corrected chi connectivity index (χ2v) is 6.91. The van der Waals surface area contributed by atoms with Crippen molar-refractivity contribution in [2.24, 2.45) is 4.99 Å². The molecule has 3 nitrogen and oxygen atoms in total. The second-order valence-electron chi connectivity index (χ2n) is 6.53. The second kappa shape index (κ2) is 6.89. The molecule has 0 radical (unpaired) electrons. The number of hydrogen-bond acceptors (Lipinski definition) is 3.